The van der Waals surface area contributed by atoms with Crippen LogP contribution in [-0.2, 0) is 14.3 Å². The lowest BCUT2D eigenvalue weighted by molar-refractivity contribution is -0.157. The Hall–Kier alpha value is -1.75. The van der Waals surface area contributed by atoms with Crippen molar-refractivity contribution in [1.82, 2.24) is 4.90 Å². The van der Waals surface area contributed by atoms with Gasteiger partial charge in [-0.25, -0.2) is 0 Å². The fourth-order valence-corrected chi connectivity index (χ4v) is 3.21. The van der Waals surface area contributed by atoms with Crippen LogP contribution in [0.25, 0.3) is 0 Å². The van der Waals surface area contributed by atoms with Gasteiger partial charge < -0.3 is 14.4 Å². The summed E-state index contributed by atoms with van der Waals surface area (Å²) in [5, 5.41) is 0.629. The molecule has 1 aliphatic rings. The fourth-order valence-electron chi connectivity index (χ4n) is 3.09. The van der Waals surface area contributed by atoms with Gasteiger partial charge in [0.25, 0.3) is 5.91 Å². The van der Waals surface area contributed by atoms with Crippen LogP contribution in [0.1, 0.15) is 40.5 Å². The SMILES string of the molecule is CC1CN(C(=O)COc2ccc(Cl)cc2)CCC1CC(=O)OC(C)(C)C. The molecule has 1 amide bonds. The molecule has 2 unspecified atom stereocenters. The maximum atomic E-state index is 12.4. The number of amides is 1. The average Bonchev–Trinajstić information content (AvgIpc) is 2.54. The minimum absolute atomic E-state index is 0.00504. The Balaban J connectivity index is 1.79. The van der Waals surface area contributed by atoms with Crippen molar-refractivity contribution >= 4 is 23.5 Å². The predicted molar refractivity (Wildman–Crippen MR) is 101 cm³/mol. The van der Waals surface area contributed by atoms with E-state index in [2.05, 4.69) is 6.92 Å². The zero-order valence-corrected chi connectivity index (χ0v) is 16.7. The van der Waals surface area contributed by atoms with Crippen LogP contribution in [-0.4, -0.2) is 42.1 Å². The number of halogens is 1. The molecule has 1 heterocycles. The van der Waals surface area contributed by atoms with Gasteiger partial charge in [-0.2, -0.15) is 0 Å². The number of rotatable bonds is 5. The third-order valence-corrected chi connectivity index (χ3v) is 4.71. The number of ether oxygens (including phenoxy) is 2. The summed E-state index contributed by atoms with van der Waals surface area (Å²) in [6.07, 6.45) is 1.20. The van der Waals surface area contributed by atoms with Gasteiger partial charge in [-0.05, 0) is 63.3 Å². The lowest BCUT2D eigenvalue weighted by Gasteiger charge is -2.36. The molecule has 0 bridgehead atoms. The van der Waals surface area contributed by atoms with Crippen molar-refractivity contribution in [2.45, 2.75) is 46.1 Å². The summed E-state index contributed by atoms with van der Waals surface area (Å²) in [5.41, 5.74) is -0.462. The van der Waals surface area contributed by atoms with Crippen molar-refractivity contribution in [2.24, 2.45) is 11.8 Å². The number of benzene rings is 1. The Bertz CT molecular complexity index is 624. The van der Waals surface area contributed by atoms with Crippen molar-refractivity contribution in [3.8, 4) is 5.75 Å². The Morgan fingerprint density at radius 2 is 1.88 bits per heavy atom. The van der Waals surface area contributed by atoms with E-state index < -0.39 is 5.60 Å². The van der Waals surface area contributed by atoms with E-state index in [0.29, 0.717) is 30.3 Å². The maximum Gasteiger partial charge on any atom is 0.306 e. The Morgan fingerprint density at radius 1 is 1.23 bits per heavy atom. The van der Waals surface area contributed by atoms with Crippen LogP contribution < -0.4 is 4.74 Å². The molecular weight excluding hydrogens is 354 g/mol. The quantitative estimate of drug-likeness (QED) is 0.725. The standard InChI is InChI=1S/C20H28ClNO4/c1-14-12-22(10-9-15(14)11-19(24)26-20(2,3)4)18(23)13-25-17-7-5-16(21)6-8-17/h5-8,14-15H,9-13H2,1-4H3. The molecule has 2 rings (SSSR count). The fraction of sp³-hybridized carbons (Fsp3) is 0.600. The Kier molecular flexibility index (Phi) is 6.93. The summed E-state index contributed by atoms with van der Waals surface area (Å²) in [7, 11) is 0. The summed E-state index contributed by atoms with van der Waals surface area (Å²) in [6, 6.07) is 6.94. The van der Waals surface area contributed by atoms with E-state index in [0.717, 1.165) is 6.42 Å². The molecule has 2 atom stereocenters. The van der Waals surface area contributed by atoms with Crippen LogP contribution in [0.3, 0.4) is 0 Å². The smallest absolute Gasteiger partial charge is 0.306 e. The topological polar surface area (TPSA) is 55.8 Å². The third-order valence-electron chi connectivity index (χ3n) is 4.46. The maximum absolute atomic E-state index is 12.4. The van der Waals surface area contributed by atoms with E-state index in [9.17, 15) is 9.59 Å². The van der Waals surface area contributed by atoms with Gasteiger partial charge in [-0.1, -0.05) is 18.5 Å². The van der Waals surface area contributed by atoms with Crippen LogP contribution in [0.2, 0.25) is 5.02 Å². The lowest BCUT2D eigenvalue weighted by atomic mass is 9.84. The van der Waals surface area contributed by atoms with Gasteiger partial charge in [-0.3, -0.25) is 9.59 Å². The summed E-state index contributed by atoms with van der Waals surface area (Å²) in [5.74, 6) is 0.903. The van der Waals surface area contributed by atoms with Gasteiger partial charge in [0.1, 0.15) is 11.4 Å². The van der Waals surface area contributed by atoms with Gasteiger partial charge in [-0.15, -0.1) is 0 Å². The Labute approximate surface area is 160 Å². The zero-order chi connectivity index (χ0) is 19.3. The summed E-state index contributed by atoms with van der Waals surface area (Å²) in [6.45, 7) is 8.97. The molecule has 1 saturated heterocycles. The minimum Gasteiger partial charge on any atom is -0.484 e. The summed E-state index contributed by atoms with van der Waals surface area (Å²) >= 11 is 5.83. The number of carbonyl (C=O) groups is 2. The summed E-state index contributed by atoms with van der Waals surface area (Å²) < 4.78 is 10.9. The molecule has 1 aromatic carbocycles. The normalized spacial score (nSPS) is 20.6. The molecule has 0 radical (unpaired) electrons. The van der Waals surface area contributed by atoms with Crippen molar-refractivity contribution in [1.29, 1.82) is 0 Å². The van der Waals surface area contributed by atoms with Crippen molar-refractivity contribution in [3.05, 3.63) is 29.3 Å². The number of nitrogens with zero attached hydrogens (tertiary/aromatic N) is 1. The first-order valence-corrected chi connectivity index (χ1v) is 9.40. The predicted octanol–water partition coefficient (Wildman–Crippen LogP) is 3.94. The van der Waals surface area contributed by atoms with E-state index in [4.69, 9.17) is 21.1 Å². The molecule has 144 valence electrons. The van der Waals surface area contributed by atoms with E-state index >= 15 is 0 Å². The molecule has 1 aromatic rings. The van der Waals surface area contributed by atoms with E-state index in [1.54, 1.807) is 24.3 Å². The molecule has 26 heavy (non-hydrogen) atoms. The molecule has 1 fully saturated rings. The summed E-state index contributed by atoms with van der Waals surface area (Å²) in [4.78, 5) is 26.2. The van der Waals surface area contributed by atoms with Gasteiger partial charge in [0.2, 0.25) is 0 Å². The van der Waals surface area contributed by atoms with Gasteiger partial charge in [0.05, 0.1) is 0 Å². The Morgan fingerprint density at radius 3 is 2.46 bits per heavy atom. The molecule has 1 aliphatic heterocycles. The first kappa shape index (κ1) is 20.6. The van der Waals surface area contributed by atoms with Crippen LogP contribution >= 0.6 is 11.6 Å². The van der Waals surface area contributed by atoms with Crippen LogP contribution in [0.5, 0.6) is 5.75 Å². The van der Waals surface area contributed by atoms with Gasteiger partial charge in [0.15, 0.2) is 6.61 Å². The van der Waals surface area contributed by atoms with Crippen molar-refractivity contribution in [3.63, 3.8) is 0 Å². The monoisotopic (exact) mass is 381 g/mol. The highest BCUT2D eigenvalue weighted by Crippen LogP contribution is 2.27. The first-order valence-electron chi connectivity index (χ1n) is 9.02. The second kappa shape index (κ2) is 8.76. The van der Waals surface area contributed by atoms with Crippen LogP contribution in [0.4, 0.5) is 0 Å². The molecule has 0 spiro atoms. The second-order valence-corrected chi connectivity index (χ2v) is 8.34. The number of esters is 1. The number of piperidine rings is 1. The van der Waals surface area contributed by atoms with Gasteiger partial charge >= 0.3 is 5.97 Å². The first-order chi connectivity index (χ1) is 12.1. The zero-order valence-electron chi connectivity index (χ0n) is 16.0. The lowest BCUT2D eigenvalue weighted by Crippen LogP contribution is -2.45. The largest absolute Gasteiger partial charge is 0.484 e. The molecule has 0 aromatic heterocycles. The number of hydrogen-bond acceptors (Lipinski definition) is 4. The number of likely N-dealkylation sites (tertiary alicyclic amines) is 1. The highest BCUT2D eigenvalue weighted by Gasteiger charge is 2.31. The van der Waals surface area contributed by atoms with Crippen molar-refractivity contribution in [2.75, 3.05) is 19.7 Å². The molecule has 0 saturated carbocycles. The third kappa shape index (κ3) is 6.52. The second-order valence-electron chi connectivity index (χ2n) is 7.90. The van der Waals surface area contributed by atoms with Crippen LogP contribution in [0.15, 0.2) is 24.3 Å². The number of hydrogen-bond donors (Lipinski definition) is 0. The molecule has 0 N–H and O–H groups in total. The van der Waals surface area contributed by atoms with E-state index in [1.165, 1.54) is 0 Å². The molecule has 0 aliphatic carbocycles. The average molecular weight is 382 g/mol. The van der Waals surface area contributed by atoms with Crippen molar-refractivity contribution < 1.29 is 19.1 Å². The minimum atomic E-state index is -0.462. The highest BCUT2D eigenvalue weighted by molar-refractivity contribution is 6.30. The van der Waals surface area contributed by atoms with E-state index in [-0.39, 0.29) is 30.3 Å². The van der Waals surface area contributed by atoms with Crippen LogP contribution in [0, 0.1) is 11.8 Å². The van der Waals surface area contributed by atoms with E-state index in [1.807, 2.05) is 25.7 Å². The van der Waals surface area contributed by atoms with Gasteiger partial charge in [0, 0.05) is 24.5 Å². The molecule has 6 heteroatoms. The number of carbonyl (C=O) groups excluding carboxylic acids is 2. The molecule has 5 nitrogen and oxygen atoms in total. The highest BCUT2D eigenvalue weighted by atomic mass is 35.5. The molecular formula is C20H28ClNO4.